The SMILES string of the molecule is COc1ccc(NC(=O)Cn2nc(S(=O)(=O)c3cccc(F)c3)ccc2=O)cc1Cl. The molecule has 0 unspecified atom stereocenters. The van der Waals surface area contributed by atoms with Crippen molar-refractivity contribution in [2.45, 2.75) is 16.5 Å². The van der Waals surface area contributed by atoms with Gasteiger partial charge in [-0.05, 0) is 42.5 Å². The molecule has 1 amide bonds. The maximum absolute atomic E-state index is 13.4. The van der Waals surface area contributed by atoms with Crippen molar-refractivity contribution < 1.29 is 22.3 Å². The molecule has 0 saturated heterocycles. The third-order valence-electron chi connectivity index (χ3n) is 3.95. The lowest BCUT2D eigenvalue weighted by molar-refractivity contribution is -0.117. The van der Waals surface area contributed by atoms with Crippen LogP contribution in [0.3, 0.4) is 0 Å². The Morgan fingerprint density at radius 1 is 1.20 bits per heavy atom. The summed E-state index contributed by atoms with van der Waals surface area (Å²) in [5.74, 6) is -0.948. The summed E-state index contributed by atoms with van der Waals surface area (Å²) in [6, 6.07) is 10.9. The molecule has 0 saturated carbocycles. The van der Waals surface area contributed by atoms with E-state index in [1.807, 2.05) is 0 Å². The number of aromatic nitrogens is 2. The Balaban J connectivity index is 1.84. The molecule has 1 aromatic heterocycles. The van der Waals surface area contributed by atoms with Gasteiger partial charge in [-0.15, -0.1) is 0 Å². The number of anilines is 1. The van der Waals surface area contributed by atoms with Crippen molar-refractivity contribution in [3.05, 3.63) is 75.8 Å². The Hall–Kier alpha value is -3.24. The van der Waals surface area contributed by atoms with E-state index >= 15 is 0 Å². The number of nitrogens with zero attached hydrogens (tertiary/aromatic N) is 2. The second-order valence-electron chi connectivity index (χ2n) is 6.03. The summed E-state index contributed by atoms with van der Waals surface area (Å²) in [5.41, 5.74) is -0.335. The molecule has 2 aromatic carbocycles. The Bertz CT molecular complexity index is 1280. The number of hydrogen-bond acceptors (Lipinski definition) is 6. The molecule has 1 heterocycles. The van der Waals surface area contributed by atoms with Gasteiger partial charge in [-0.3, -0.25) is 9.59 Å². The van der Waals surface area contributed by atoms with Gasteiger partial charge in [0.2, 0.25) is 15.7 Å². The summed E-state index contributed by atoms with van der Waals surface area (Å²) in [4.78, 5) is 24.0. The van der Waals surface area contributed by atoms with Crippen LogP contribution in [0.1, 0.15) is 0 Å². The number of halogens is 2. The molecule has 0 fully saturated rings. The number of sulfone groups is 1. The van der Waals surface area contributed by atoms with E-state index < -0.39 is 38.7 Å². The van der Waals surface area contributed by atoms with Gasteiger partial charge in [0.05, 0.1) is 17.0 Å². The minimum atomic E-state index is -4.18. The van der Waals surface area contributed by atoms with Crippen LogP contribution < -0.4 is 15.6 Å². The first-order valence-electron chi connectivity index (χ1n) is 8.43. The average molecular weight is 452 g/mol. The lowest BCUT2D eigenvalue weighted by Gasteiger charge is -2.10. The van der Waals surface area contributed by atoms with Crippen molar-refractivity contribution in [3.63, 3.8) is 0 Å². The van der Waals surface area contributed by atoms with E-state index in [4.69, 9.17) is 16.3 Å². The molecule has 0 radical (unpaired) electrons. The molecular weight excluding hydrogens is 437 g/mol. The summed E-state index contributed by atoms with van der Waals surface area (Å²) in [6.45, 7) is -0.547. The van der Waals surface area contributed by atoms with Crippen LogP contribution in [0, 0.1) is 5.82 Å². The number of amides is 1. The van der Waals surface area contributed by atoms with Gasteiger partial charge >= 0.3 is 0 Å². The summed E-state index contributed by atoms with van der Waals surface area (Å²) in [5, 5.41) is 6.07. The third kappa shape index (κ3) is 4.66. The lowest BCUT2D eigenvalue weighted by atomic mass is 10.3. The minimum Gasteiger partial charge on any atom is -0.495 e. The number of ether oxygens (including phenoxy) is 1. The Morgan fingerprint density at radius 3 is 2.63 bits per heavy atom. The molecule has 0 bridgehead atoms. The van der Waals surface area contributed by atoms with Gasteiger partial charge in [0, 0.05) is 11.8 Å². The van der Waals surface area contributed by atoms with Crippen LogP contribution in [0.2, 0.25) is 5.02 Å². The molecule has 0 aliphatic carbocycles. The van der Waals surface area contributed by atoms with Crippen molar-refractivity contribution in [1.29, 1.82) is 0 Å². The molecule has 30 heavy (non-hydrogen) atoms. The van der Waals surface area contributed by atoms with Gasteiger partial charge < -0.3 is 10.1 Å². The Morgan fingerprint density at radius 2 is 1.97 bits per heavy atom. The van der Waals surface area contributed by atoms with Gasteiger partial charge in [0.15, 0.2) is 5.03 Å². The predicted molar refractivity (Wildman–Crippen MR) is 107 cm³/mol. The zero-order valence-electron chi connectivity index (χ0n) is 15.5. The summed E-state index contributed by atoms with van der Waals surface area (Å²) >= 11 is 6.00. The van der Waals surface area contributed by atoms with E-state index in [2.05, 4.69) is 10.4 Å². The highest BCUT2D eigenvalue weighted by atomic mass is 35.5. The van der Waals surface area contributed by atoms with Gasteiger partial charge in [0.25, 0.3) is 5.56 Å². The fraction of sp³-hybridized carbons (Fsp3) is 0.105. The first-order valence-corrected chi connectivity index (χ1v) is 10.3. The fourth-order valence-corrected chi connectivity index (χ4v) is 4.00. The third-order valence-corrected chi connectivity index (χ3v) is 5.89. The topological polar surface area (TPSA) is 107 Å². The molecule has 156 valence electrons. The van der Waals surface area contributed by atoms with Crippen molar-refractivity contribution in [3.8, 4) is 5.75 Å². The normalized spacial score (nSPS) is 11.2. The van der Waals surface area contributed by atoms with Gasteiger partial charge in [0.1, 0.15) is 18.1 Å². The Kier molecular flexibility index (Phi) is 6.18. The van der Waals surface area contributed by atoms with Crippen molar-refractivity contribution in [2.24, 2.45) is 0 Å². The van der Waals surface area contributed by atoms with Crippen LogP contribution in [0.5, 0.6) is 5.75 Å². The van der Waals surface area contributed by atoms with E-state index in [-0.39, 0.29) is 9.92 Å². The number of carbonyl (C=O) groups excluding carboxylic acids is 1. The lowest BCUT2D eigenvalue weighted by Crippen LogP contribution is -2.30. The minimum absolute atomic E-state index is 0.272. The number of nitrogens with one attached hydrogen (secondary N) is 1. The van der Waals surface area contributed by atoms with Crippen LogP contribution in [0.15, 0.2) is 69.3 Å². The first kappa shape index (κ1) is 21.5. The monoisotopic (exact) mass is 451 g/mol. The molecule has 0 atom stereocenters. The summed E-state index contributed by atoms with van der Waals surface area (Å²) in [7, 11) is -2.74. The summed E-state index contributed by atoms with van der Waals surface area (Å²) < 4.78 is 44.4. The predicted octanol–water partition coefficient (Wildman–Crippen LogP) is 2.52. The Labute approximate surface area is 175 Å². The average Bonchev–Trinajstić information content (AvgIpc) is 2.69. The van der Waals surface area contributed by atoms with Crippen LogP contribution in [0.4, 0.5) is 10.1 Å². The highest BCUT2D eigenvalue weighted by Gasteiger charge is 2.21. The fourth-order valence-electron chi connectivity index (χ4n) is 2.52. The van der Waals surface area contributed by atoms with Gasteiger partial charge in [-0.25, -0.2) is 17.5 Å². The van der Waals surface area contributed by atoms with Crippen molar-refractivity contribution in [1.82, 2.24) is 9.78 Å². The molecule has 1 N–H and O–H groups in total. The molecule has 11 heteroatoms. The van der Waals surface area contributed by atoms with E-state index in [0.29, 0.717) is 16.1 Å². The number of carbonyl (C=O) groups is 1. The highest BCUT2D eigenvalue weighted by molar-refractivity contribution is 7.91. The molecule has 8 nitrogen and oxygen atoms in total. The second-order valence-corrected chi connectivity index (χ2v) is 8.33. The standard InChI is InChI=1S/C19H15ClFN3O5S/c1-29-16-6-5-13(10-15(16)20)22-17(25)11-24-19(26)8-7-18(23-24)30(27,28)14-4-2-3-12(21)9-14/h2-10H,11H2,1H3,(H,22,25). The first-order chi connectivity index (χ1) is 14.2. The summed E-state index contributed by atoms with van der Waals surface area (Å²) in [6.07, 6.45) is 0. The van der Waals surface area contributed by atoms with Crippen LogP contribution in [-0.2, 0) is 21.2 Å². The van der Waals surface area contributed by atoms with E-state index in [9.17, 15) is 22.4 Å². The molecule has 0 aliphatic rings. The van der Waals surface area contributed by atoms with Crippen molar-refractivity contribution in [2.75, 3.05) is 12.4 Å². The van der Waals surface area contributed by atoms with Gasteiger partial charge in [-0.1, -0.05) is 17.7 Å². The highest BCUT2D eigenvalue weighted by Crippen LogP contribution is 2.27. The van der Waals surface area contributed by atoms with E-state index in [1.165, 1.54) is 25.3 Å². The van der Waals surface area contributed by atoms with Gasteiger partial charge in [-0.2, -0.15) is 5.10 Å². The zero-order valence-corrected chi connectivity index (χ0v) is 17.1. The number of methoxy groups -OCH3 is 1. The molecule has 0 aliphatic heterocycles. The smallest absolute Gasteiger partial charge is 0.267 e. The van der Waals surface area contributed by atoms with E-state index in [0.717, 1.165) is 24.3 Å². The molecule has 3 aromatic rings. The number of benzene rings is 2. The van der Waals surface area contributed by atoms with Crippen LogP contribution in [0.25, 0.3) is 0 Å². The molecule has 3 rings (SSSR count). The number of hydrogen-bond donors (Lipinski definition) is 1. The van der Waals surface area contributed by atoms with Crippen LogP contribution >= 0.6 is 11.6 Å². The van der Waals surface area contributed by atoms with E-state index in [1.54, 1.807) is 12.1 Å². The second kappa shape index (κ2) is 8.64. The maximum Gasteiger partial charge on any atom is 0.267 e. The molecule has 0 spiro atoms. The largest absolute Gasteiger partial charge is 0.495 e. The van der Waals surface area contributed by atoms with Crippen LogP contribution in [-0.4, -0.2) is 31.2 Å². The number of rotatable bonds is 6. The molecular formula is C19H15ClFN3O5S. The quantitative estimate of drug-likeness (QED) is 0.617. The zero-order chi connectivity index (χ0) is 21.9. The van der Waals surface area contributed by atoms with Crippen molar-refractivity contribution >= 4 is 33.0 Å². The maximum atomic E-state index is 13.4.